The first kappa shape index (κ1) is 9.17. The quantitative estimate of drug-likeness (QED) is 0.733. The van der Waals surface area contributed by atoms with Crippen LogP contribution in [-0.2, 0) is 4.74 Å². The van der Waals surface area contributed by atoms with Crippen molar-refractivity contribution >= 4 is 0 Å². The van der Waals surface area contributed by atoms with Gasteiger partial charge in [-0.2, -0.15) is 0 Å². The van der Waals surface area contributed by atoms with Crippen molar-refractivity contribution in [3.63, 3.8) is 0 Å². The van der Waals surface area contributed by atoms with Crippen molar-refractivity contribution in [2.45, 2.75) is 69.6 Å². The van der Waals surface area contributed by atoms with Gasteiger partial charge in [0.15, 0.2) is 0 Å². The van der Waals surface area contributed by atoms with Crippen LogP contribution in [0.5, 0.6) is 0 Å². The summed E-state index contributed by atoms with van der Waals surface area (Å²) in [5.41, 5.74) is 7.08. The summed E-state index contributed by atoms with van der Waals surface area (Å²) in [7, 11) is 0. The van der Waals surface area contributed by atoms with Gasteiger partial charge in [-0.15, -0.1) is 0 Å². The van der Waals surface area contributed by atoms with Gasteiger partial charge in [-0.25, -0.2) is 0 Å². The van der Waals surface area contributed by atoms with E-state index in [1.54, 1.807) is 0 Å². The van der Waals surface area contributed by atoms with E-state index in [0.29, 0.717) is 17.6 Å². The van der Waals surface area contributed by atoms with E-state index in [1.165, 1.54) is 38.5 Å². The molecule has 2 N–H and O–H groups in total. The van der Waals surface area contributed by atoms with Crippen molar-refractivity contribution in [1.82, 2.24) is 0 Å². The van der Waals surface area contributed by atoms with E-state index in [1.807, 2.05) is 0 Å². The molecule has 3 aliphatic rings. The Kier molecular flexibility index (Phi) is 1.79. The van der Waals surface area contributed by atoms with E-state index < -0.39 is 0 Å². The first-order valence-corrected chi connectivity index (χ1v) is 6.04. The molecule has 2 aliphatic heterocycles. The largest absolute Gasteiger partial charge is 0.373 e. The summed E-state index contributed by atoms with van der Waals surface area (Å²) in [6.45, 7) is 2.40. The molecule has 0 amide bonds. The SMILES string of the molecule is CC1(CC2(N)CC3CCC2O3)CCC1. The minimum Gasteiger partial charge on any atom is -0.373 e. The van der Waals surface area contributed by atoms with Crippen LogP contribution in [0.15, 0.2) is 0 Å². The van der Waals surface area contributed by atoms with Crippen LogP contribution in [0.25, 0.3) is 0 Å². The van der Waals surface area contributed by atoms with Gasteiger partial charge in [0, 0.05) is 5.54 Å². The molecule has 3 atom stereocenters. The second-order valence-corrected chi connectivity index (χ2v) is 6.10. The summed E-state index contributed by atoms with van der Waals surface area (Å²) < 4.78 is 5.88. The number of ether oxygens (including phenoxy) is 1. The molecule has 0 spiro atoms. The average Bonchev–Trinajstić information content (AvgIpc) is 2.60. The molecule has 2 heterocycles. The van der Waals surface area contributed by atoms with Crippen molar-refractivity contribution in [3.8, 4) is 0 Å². The van der Waals surface area contributed by atoms with Crippen LogP contribution in [0.1, 0.15) is 51.9 Å². The molecular weight excluding hydrogens is 174 g/mol. The fourth-order valence-corrected chi connectivity index (χ4v) is 3.77. The van der Waals surface area contributed by atoms with Crippen molar-refractivity contribution < 1.29 is 4.74 Å². The Balaban J connectivity index is 1.71. The topological polar surface area (TPSA) is 35.2 Å². The summed E-state index contributed by atoms with van der Waals surface area (Å²) >= 11 is 0. The molecule has 1 saturated carbocycles. The monoisotopic (exact) mass is 195 g/mol. The Morgan fingerprint density at radius 1 is 1.36 bits per heavy atom. The maximum atomic E-state index is 6.51. The molecule has 0 radical (unpaired) electrons. The van der Waals surface area contributed by atoms with E-state index in [4.69, 9.17) is 10.5 Å². The number of fused-ring (bicyclic) bond motifs is 2. The van der Waals surface area contributed by atoms with Gasteiger partial charge >= 0.3 is 0 Å². The minimum absolute atomic E-state index is 0.0259. The predicted molar refractivity (Wildman–Crippen MR) is 56.0 cm³/mol. The molecule has 2 saturated heterocycles. The van der Waals surface area contributed by atoms with E-state index in [2.05, 4.69) is 6.92 Å². The zero-order chi connectivity index (χ0) is 9.81. The first-order valence-electron chi connectivity index (χ1n) is 6.04. The van der Waals surface area contributed by atoms with Gasteiger partial charge in [-0.3, -0.25) is 0 Å². The fourth-order valence-electron chi connectivity index (χ4n) is 3.77. The highest BCUT2D eigenvalue weighted by Crippen LogP contribution is 2.51. The highest BCUT2D eigenvalue weighted by atomic mass is 16.5. The summed E-state index contributed by atoms with van der Waals surface area (Å²) in [5, 5.41) is 0. The maximum absolute atomic E-state index is 6.51. The second-order valence-electron chi connectivity index (χ2n) is 6.10. The van der Waals surface area contributed by atoms with Crippen LogP contribution < -0.4 is 5.73 Å². The standard InChI is InChI=1S/C12H21NO/c1-11(5-2-6-11)8-12(13)7-9-3-4-10(12)14-9/h9-10H,2-8,13H2,1H3. The van der Waals surface area contributed by atoms with E-state index >= 15 is 0 Å². The van der Waals surface area contributed by atoms with Gasteiger partial charge in [0.2, 0.25) is 0 Å². The maximum Gasteiger partial charge on any atom is 0.0760 e. The molecule has 14 heavy (non-hydrogen) atoms. The van der Waals surface area contributed by atoms with Crippen molar-refractivity contribution in [3.05, 3.63) is 0 Å². The van der Waals surface area contributed by atoms with Crippen LogP contribution >= 0.6 is 0 Å². The summed E-state index contributed by atoms with van der Waals surface area (Å²) in [6.07, 6.45) is 9.80. The molecule has 3 rings (SSSR count). The van der Waals surface area contributed by atoms with Gasteiger partial charge in [0.05, 0.1) is 12.2 Å². The summed E-state index contributed by atoms with van der Waals surface area (Å²) in [4.78, 5) is 0. The normalized spacial score (nSPS) is 49.3. The summed E-state index contributed by atoms with van der Waals surface area (Å²) in [5.74, 6) is 0. The van der Waals surface area contributed by atoms with Gasteiger partial charge in [0.25, 0.3) is 0 Å². The van der Waals surface area contributed by atoms with Crippen molar-refractivity contribution in [1.29, 1.82) is 0 Å². The zero-order valence-electron chi connectivity index (χ0n) is 9.09. The predicted octanol–water partition coefficient (Wildman–Crippen LogP) is 2.22. The molecule has 2 bridgehead atoms. The van der Waals surface area contributed by atoms with Crippen LogP contribution in [0.3, 0.4) is 0 Å². The third-order valence-electron chi connectivity index (χ3n) is 4.67. The number of rotatable bonds is 2. The lowest BCUT2D eigenvalue weighted by Gasteiger charge is -2.45. The van der Waals surface area contributed by atoms with Crippen LogP contribution in [0, 0.1) is 5.41 Å². The van der Waals surface area contributed by atoms with E-state index in [9.17, 15) is 0 Å². The lowest BCUT2D eigenvalue weighted by Crippen LogP contribution is -2.52. The summed E-state index contributed by atoms with van der Waals surface area (Å²) in [6, 6.07) is 0. The van der Waals surface area contributed by atoms with Crippen LogP contribution in [0.4, 0.5) is 0 Å². The number of hydrogen-bond acceptors (Lipinski definition) is 2. The Hall–Kier alpha value is -0.0800. The van der Waals surface area contributed by atoms with Gasteiger partial charge in [-0.05, 0) is 43.9 Å². The third kappa shape index (κ3) is 1.24. The number of nitrogens with two attached hydrogens (primary N) is 1. The highest BCUT2D eigenvalue weighted by molar-refractivity contribution is 5.08. The molecule has 0 aromatic heterocycles. The van der Waals surface area contributed by atoms with E-state index in [0.717, 1.165) is 6.42 Å². The van der Waals surface area contributed by atoms with E-state index in [-0.39, 0.29) is 5.54 Å². The smallest absolute Gasteiger partial charge is 0.0760 e. The Bertz CT molecular complexity index is 249. The van der Waals surface area contributed by atoms with Gasteiger partial charge < -0.3 is 10.5 Å². The van der Waals surface area contributed by atoms with Crippen molar-refractivity contribution in [2.75, 3.05) is 0 Å². The molecule has 2 heteroatoms. The average molecular weight is 195 g/mol. The molecule has 80 valence electrons. The Labute approximate surface area is 86.2 Å². The lowest BCUT2D eigenvalue weighted by molar-refractivity contribution is 0.0489. The van der Waals surface area contributed by atoms with Crippen molar-refractivity contribution in [2.24, 2.45) is 11.1 Å². The number of hydrogen-bond donors (Lipinski definition) is 1. The Morgan fingerprint density at radius 3 is 2.57 bits per heavy atom. The lowest BCUT2D eigenvalue weighted by atomic mass is 9.61. The molecule has 2 nitrogen and oxygen atoms in total. The molecule has 3 fully saturated rings. The molecular formula is C12H21NO. The minimum atomic E-state index is 0.0259. The second kappa shape index (κ2) is 2.73. The van der Waals surface area contributed by atoms with Crippen LogP contribution in [-0.4, -0.2) is 17.7 Å². The molecule has 1 aliphatic carbocycles. The Morgan fingerprint density at radius 2 is 2.14 bits per heavy atom. The van der Waals surface area contributed by atoms with Gasteiger partial charge in [0.1, 0.15) is 0 Å². The molecule has 3 unspecified atom stereocenters. The van der Waals surface area contributed by atoms with Gasteiger partial charge in [-0.1, -0.05) is 13.3 Å². The third-order valence-corrected chi connectivity index (χ3v) is 4.67. The highest BCUT2D eigenvalue weighted by Gasteiger charge is 2.53. The zero-order valence-corrected chi connectivity index (χ0v) is 9.09. The molecule has 0 aromatic carbocycles. The molecule has 0 aromatic rings. The first-order chi connectivity index (χ1) is 6.60. The van der Waals surface area contributed by atoms with Crippen LogP contribution in [0.2, 0.25) is 0 Å². The fraction of sp³-hybridized carbons (Fsp3) is 1.00.